The van der Waals surface area contributed by atoms with Crippen LogP contribution in [0.2, 0.25) is 0 Å². The molecule has 0 aliphatic rings. The van der Waals surface area contributed by atoms with Crippen molar-refractivity contribution in [2.75, 3.05) is 27.7 Å². The van der Waals surface area contributed by atoms with E-state index in [0.29, 0.717) is 11.0 Å². The summed E-state index contributed by atoms with van der Waals surface area (Å²) in [6, 6.07) is 0. The first-order valence-corrected chi connectivity index (χ1v) is 3.49. The molecule has 0 aliphatic heterocycles. The van der Waals surface area contributed by atoms with Crippen LogP contribution in [0.25, 0.3) is 0 Å². The molecule has 0 aromatic carbocycles. The first kappa shape index (κ1) is 20.2. The summed E-state index contributed by atoms with van der Waals surface area (Å²) in [5, 5.41) is 19.1. The second-order valence-electron chi connectivity index (χ2n) is 3.70. The van der Waals surface area contributed by atoms with Crippen LogP contribution in [-0.2, 0) is 4.79 Å². The molecular formula is C7H15IKNO3. The number of rotatable bonds is 4. The van der Waals surface area contributed by atoms with E-state index in [2.05, 4.69) is 0 Å². The van der Waals surface area contributed by atoms with Gasteiger partial charge < -0.3 is 43.5 Å². The third kappa shape index (κ3) is 16.4. The Kier molecular flexibility index (Phi) is 14.0. The molecule has 0 saturated heterocycles. The summed E-state index contributed by atoms with van der Waals surface area (Å²) in [6.45, 7) is 0.425. The molecule has 0 saturated carbocycles. The van der Waals surface area contributed by atoms with E-state index in [4.69, 9.17) is 5.11 Å². The van der Waals surface area contributed by atoms with Gasteiger partial charge in [0.1, 0.15) is 12.6 Å². The van der Waals surface area contributed by atoms with Gasteiger partial charge in [0.05, 0.1) is 21.1 Å². The summed E-state index contributed by atoms with van der Waals surface area (Å²) in [5.41, 5.74) is 0. The van der Waals surface area contributed by atoms with Gasteiger partial charge in [-0.1, -0.05) is 0 Å². The van der Waals surface area contributed by atoms with E-state index < -0.39 is 12.1 Å². The number of nitrogens with zero attached hydrogens (tertiary/aromatic N) is 1. The molecule has 0 amide bonds. The largest absolute Gasteiger partial charge is 1.00 e. The molecule has 74 valence electrons. The molecule has 0 aromatic heterocycles. The Labute approximate surface area is 139 Å². The van der Waals surface area contributed by atoms with Gasteiger partial charge >= 0.3 is 51.4 Å². The molecule has 6 heteroatoms. The molecule has 0 bridgehead atoms. The van der Waals surface area contributed by atoms with E-state index in [1.165, 1.54) is 0 Å². The first-order valence-electron chi connectivity index (χ1n) is 3.49. The SMILES string of the molecule is C[N+](C)(C)C[C@H](O)CC(=O)[O-].[I-].[K+]. The Morgan fingerprint density at radius 2 is 1.85 bits per heavy atom. The molecular weight excluding hydrogens is 312 g/mol. The normalized spacial score (nSPS) is 12.3. The monoisotopic (exact) mass is 327 g/mol. The maximum absolute atomic E-state index is 10.0. The molecule has 13 heavy (non-hydrogen) atoms. The van der Waals surface area contributed by atoms with Crippen LogP contribution in [0.5, 0.6) is 0 Å². The van der Waals surface area contributed by atoms with Crippen molar-refractivity contribution in [1.29, 1.82) is 0 Å². The van der Waals surface area contributed by atoms with Crippen molar-refractivity contribution < 1.29 is 94.9 Å². The van der Waals surface area contributed by atoms with Crippen LogP contribution in [-0.4, -0.2) is 49.4 Å². The third-order valence-electron chi connectivity index (χ3n) is 1.16. The fraction of sp³-hybridized carbons (Fsp3) is 0.857. The van der Waals surface area contributed by atoms with Crippen LogP contribution in [0.1, 0.15) is 6.42 Å². The molecule has 0 unspecified atom stereocenters. The summed E-state index contributed by atoms with van der Waals surface area (Å²) < 4.78 is 0.550. The van der Waals surface area contributed by atoms with E-state index in [-0.39, 0.29) is 81.8 Å². The molecule has 0 aliphatic carbocycles. The molecule has 1 N–H and O–H groups in total. The second kappa shape index (κ2) is 9.02. The number of carboxylic acids is 1. The molecule has 0 fully saturated rings. The van der Waals surface area contributed by atoms with E-state index in [1.807, 2.05) is 21.1 Å². The molecule has 1 atom stereocenters. The fourth-order valence-electron chi connectivity index (χ4n) is 0.889. The number of carbonyl (C=O) groups is 1. The minimum atomic E-state index is -1.20. The van der Waals surface area contributed by atoms with Crippen molar-refractivity contribution in [1.82, 2.24) is 0 Å². The minimum absolute atomic E-state index is 0. The van der Waals surface area contributed by atoms with Gasteiger partial charge in [-0.2, -0.15) is 0 Å². The van der Waals surface area contributed by atoms with Gasteiger partial charge in [0, 0.05) is 12.4 Å². The number of hydrogen-bond donors (Lipinski definition) is 1. The quantitative estimate of drug-likeness (QED) is 0.317. The Balaban J connectivity index is -0.000000500. The second-order valence-corrected chi connectivity index (χ2v) is 3.70. The number of halogens is 1. The van der Waals surface area contributed by atoms with E-state index in [0.717, 1.165) is 0 Å². The maximum atomic E-state index is 10.0. The van der Waals surface area contributed by atoms with Crippen LogP contribution in [0.4, 0.5) is 0 Å². The van der Waals surface area contributed by atoms with Crippen LogP contribution in [0.3, 0.4) is 0 Å². The zero-order chi connectivity index (χ0) is 9.07. The van der Waals surface area contributed by atoms with Crippen LogP contribution in [0.15, 0.2) is 0 Å². The van der Waals surface area contributed by atoms with E-state index in [9.17, 15) is 9.90 Å². The Hall–Kier alpha value is 1.76. The number of aliphatic hydroxyl groups is 1. The van der Waals surface area contributed by atoms with Crippen molar-refractivity contribution in [3.63, 3.8) is 0 Å². The predicted octanol–water partition coefficient (Wildman–Crippen LogP) is -7.80. The third-order valence-corrected chi connectivity index (χ3v) is 1.16. The maximum Gasteiger partial charge on any atom is 1.00 e. The van der Waals surface area contributed by atoms with Gasteiger partial charge in [-0.15, -0.1) is 0 Å². The van der Waals surface area contributed by atoms with E-state index >= 15 is 0 Å². The Morgan fingerprint density at radius 1 is 1.46 bits per heavy atom. The summed E-state index contributed by atoms with van der Waals surface area (Å²) in [7, 11) is 5.66. The van der Waals surface area contributed by atoms with Crippen LogP contribution in [0, 0.1) is 0 Å². The summed E-state index contributed by atoms with van der Waals surface area (Å²) in [5.74, 6) is -1.20. The summed E-state index contributed by atoms with van der Waals surface area (Å²) in [4.78, 5) is 10.0. The topological polar surface area (TPSA) is 60.4 Å². The van der Waals surface area contributed by atoms with Crippen molar-refractivity contribution in [2.24, 2.45) is 0 Å². The number of quaternary nitrogens is 1. The van der Waals surface area contributed by atoms with Gasteiger partial charge in [-0.05, 0) is 0 Å². The standard InChI is InChI=1S/C7H15NO3.HI.K/c1-8(2,3)5-6(9)4-7(10)11;;/h6,9H,4-5H2,1-3H3;1H;/q;;+1/p-1/t6-;;/m1../s1. The van der Waals surface area contributed by atoms with Crippen molar-refractivity contribution in [3.05, 3.63) is 0 Å². The zero-order valence-corrected chi connectivity index (χ0v) is 13.9. The van der Waals surface area contributed by atoms with Crippen molar-refractivity contribution in [2.45, 2.75) is 12.5 Å². The van der Waals surface area contributed by atoms with Crippen LogP contribution < -0.4 is 80.5 Å². The van der Waals surface area contributed by atoms with Gasteiger partial charge in [0.25, 0.3) is 0 Å². The molecule has 0 radical (unpaired) electrons. The number of aliphatic hydroxyl groups excluding tert-OH is 1. The number of likely N-dealkylation sites (N-methyl/N-ethyl adjacent to an activating group) is 1. The fourth-order valence-corrected chi connectivity index (χ4v) is 0.889. The van der Waals surface area contributed by atoms with E-state index in [1.54, 1.807) is 0 Å². The van der Waals surface area contributed by atoms with Gasteiger partial charge in [0.2, 0.25) is 0 Å². The zero-order valence-electron chi connectivity index (χ0n) is 8.58. The minimum Gasteiger partial charge on any atom is -1.00 e. The molecule has 0 heterocycles. The van der Waals surface area contributed by atoms with Crippen molar-refractivity contribution in [3.8, 4) is 0 Å². The average Bonchev–Trinajstić information content (AvgIpc) is 1.53. The van der Waals surface area contributed by atoms with Gasteiger partial charge in [-0.3, -0.25) is 0 Å². The number of aliphatic carboxylic acids is 1. The molecule has 0 spiro atoms. The summed E-state index contributed by atoms with van der Waals surface area (Å²) in [6.07, 6.45) is -1.09. The Morgan fingerprint density at radius 3 is 2.08 bits per heavy atom. The predicted molar refractivity (Wildman–Crippen MR) is 38.5 cm³/mol. The Bertz CT molecular complexity index is 149. The van der Waals surface area contributed by atoms with Gasteiger partial charge in [-0.25, -0.2) is 0 Å². The molecule has 0 rings (SSSR count). The number of carbonyl (C=O) groups excluding carboxylic acids is 1. The molecule has 0 aromatic rings. The summed E-state index contributed by atoms with van der Waals surface area (Å²) >= 11 is 0. The van der Waals surface area contributed by atoms with Gasteiger partial charge in [0.15, 0.2) is 0 Å². The van der Waals surface area contributed by atoms with Crippen LogP contribution >= 0.6 is 0 Å². The first-order chi connectivity index (χ1) is 4.81. The van der Waals surface area contributed by atoms with Crippen molar-refractivity contribution >= 4 is 5.97 Å². The number of carboxylic acid groups (broad SMARTS) is 1. The average molecular weight is 327 g/mol. The smallest absolute Gasteiger partial charge is 1.00 e. The number of hydrogen-bond acceptors (Lipinski definition) is 3. The molecule has 4 nitrogen and oxygen atoms in total.